The van der Waals surface area contributed by atoms with Gasteiger partial charge in [-0.15, -0.1) is 0 Å². The summed E-state index contributed by atoms with van der Waals surface area (Å²) in [5.41, 5.74) is 5.76. The topological polar surface area (TPSA) is 43.2 Å². The molecule has 0 heterocycles. The van der Waals surface area contributed by atoms with E-state index in [1.807, 2.05) is 75.4 Å². The Hall–Kier alpha value is -2.59. The first-order valence-electron chi connectivity index (χ1n) is 8.28. The van der Waals surface area contributed by atoms with Crippen molar-refractivity contribution in [1.82, 2.24) is 0 Å². The van der Waals surface area contributed by atoms with Crippen molar-refractivity contribution in [2.75, 3.05) is 7.11 Å². The van der Waals surface area contributed by atoms with Crippen LogP contribution in [0.25, 0.3) is 5.57 Å². The summed E-state index contributed by atoms with van der Waals surface area (Å²) in [6, 6.07) is 15.6. The van der Waals surface area contributed by atoms with Gasteiger partial charge in [0.15, 0.2) is 0 Å². The van der Waals surface area contributed by atoms with Gasteiger partial charge in [0, 0.05) is 16.1 Å². The molecule has 2 rings (SSSR count). The van der Waals surface area contributed by atoms with Gasteiger partial charge in [-0.1, -0.05) is 58.3 Å². The van der Waals surface area contributed by atoms with Gasteiger partial charge in [-0.25, -0.2) is 0 Å². The molecule has 0 fully saturated rings. The Bertz CT molecular complexity index is 824. The first-order chi connectivity index (χ1) is 12.5. The van der Waals surface area contributed by atoms with Crippen LogP contribution < -0.4 is 0 Å². The van der Waals surface area contributed by atoms with Gasteiger partial charge >= 0.3 is 0 Å². The maximum absolute atomic E-state index is 5.92. The highest BCUT2D eigenvalue weighted by atomic mass is 35.5. The van der Waals surface area contributed by atoms with Crippen LogP contribution in [0.4, 0.5) is 0 Å². The van der Waals surface area contributed by atoms with Crippen molar-refractivity contribution in [3.8, 4) is 0 Å². The number of benzene rings is 2. The molecule has 0 bridgehead atoms. The Morgan fingerprint density at radius 1 is 1.00 bits per heavy atom. The molecule has 0 aromatic heterocycles. The Morgan fingerprint density at radius 2 is 1.69 bits per heavy atom. The van der Waals surface area contributed by atoms with Gasteiger partial charge in [-0.2, -0.15) is 0 Å². The van der Waals surface area contributed by atoms with Crippen LogP contribution in [0, 0.1) is 0 Å². The van der Waals surface area contributed by atoms with Crippen molar-refractivity contribution in [3.63, 3.8) is 0 Å². The molecule has 4 nitrogen and oxygen atoms in total. The smallest absolute Gasteiger partial charge is 0.142 e. The predicted molar refractivity (Wildman–Crippen MR) is 109 cm³/mol. The predicted octanol–water partition coefficient (Wildman–Crippen LogP) is 5.71. The van der Waals surface area contributed by atoms with Crippen molar-refractivity contribution in [2.24, 2.45) is 10.3 Å². The van der Waals surface area contributed by atoms with E-state index < -0.39 is 0 Å². The zero-order valence-electron chi connectivity index (χ0n) is 15.5. The molecule has 0 saturated carbocycles. The number of oxime groups is 2. The van der Waals surface area contributed by atoms with Crippen LogP contribution in [-0.2, 0) is 16.3 Å². The average Bonchev–Trinajstić information content (AvgIpc) is 2.62. The molecular formula is C21H23ClN2O2. The molecule has 0 aliphatic heterocycles. The lowest BCUT2D eigenvalue weighted by atomic mass is 10.0. The van der Waals surface area contributed by atoms with Gasteiger partial charge in [0.05, 0.1) is 11.4 Å². The van der Waals surface area contributed by atoms with Crippen LogP contribution in [0.1, 0.15) is 37.5 Å². The summed E-state index contributed by atoms with van der Waals surface area (Å²) in [6.45, 7) is 6.19. The van der Waals surface area contributed by atoms with E-state index in [-0.39, 0.29) is 0 Å². The van der Waals surface area contributed by atoms with E-state index in [9.17, 15) is 0 Å². The minimum Gasteiger partial charge on any atom is -0.399 e. The van der Waals surface area contributed by atoms with Crippen LogP contribution in [0.2, 0.25) is 5.02 Å². The molecule has 0 unspecified atom stereocenters. The molecular weight excluding hydrogens is 348 g/mol. The van der Waals surface area contributed by atoms with Crippen molar-refractivity contribution in [3.05, 3.63) is 76.3 Å². The van der Waals surface area contributed by atoms with Gasteiger partial charge in [0.1, 0.15) is 13.7 Å². The summed E-state index contributed by atoms with van der Waals surface area (Å²) in [7, 11) is 1.53. The van der Waals surface area contributed by atoms with Crippen LogP contribution in [-0.4, -0.2) is 18.5 Å². The van der Waals surface area contributed by atoms with Crippen LogP contribution in [0.15, 0.2) is 64.9 Å². The summed E-state index contributed by atoms with van der Waals surface area (Å²) < 4.78 is 0. The molecule has 2 aromatic carbocycles. The second-order valence-corrected chi connectivity index (χ2v) is 6.29. The molecule has 0 spiro atoms. The first-order valence-corrected chi connectivity index (χ1v) is 8.66. The van der Waals surface area contributed by atoms with E-state index in [1.165, 1.54) is 7.11 Å². The number of rotatable bonds is 7. The molecule has 136 valence electrons. The largest absolute Gasteiger partial charge is 0.399 e. The summed E-state index contributed by atoms with van der Waals surface area (Å²) in [6.07, 6.45) is 1.98. The van der Waals surface area contributed by atoms with Gasteiger partial charge in [-0.3, -0.25) is 0 Å². The quantitative estimate of drug-likeness (QED) is 0.463. The summed E-state index contributed by atoms with van der Waals surface area (Å²) in [5, 5.41) is 8.90. The zero-order chi connectivity index (χ0) is 18.9. The normalized spacial score (nSPS) is 12.9. The Kier molecular flexibility index (Phi) is 7.42. The SMILES string of the molecule is CO/N=C(/C)c1ccccc1CO/N=C(C)/C=C(\C)c1ccc(Cl)cc1. The molecule has 0 N–H and O–H groups in total. The summed E-state index contributed by atoms with van der Waals surface area (Å²) >= 11 is 5.92. The molecule has 26 heavy (non-hydrogen) atoms. The van der Waals surface area contributed by atoms with Crippen molar-refractivity contribution in [1.29, 1.82) is 0 Å². The lowest BCUT2D eigenvalue weighted by Gasteiger charge is -2.08. The van der Waals surface area contributed by atoms with Crippen molar-refractivity contribution < 1.29 is 9.68 Å². The number of nitrogens with zero attached hydrogens (tertiary/aromatic N) is 2. The van der Waals surface area contributed by atoms with Gasteiger partial charge in [0.2, 0.25) is 0 Å². The fraction of sp³-hybridized carbons (Fsp3) is 0.238. The molecule has 0 amide bonds. The average molecular weight is 371 g/mol. The van der Waals surface area contributed by atoms with Crippen molar-refractivity contribution >= 4 is 28.6 Å². The molecule has 0 saturated heterocycles. The second-order valence-electron chi connectivity index (χ2n) is 5.86. The lowest BCUT2D eigenvalue weighted by molar-refractivity contribution is 0.130. The number of hydrogen-bond acceptors (Lipinski definition) is 4. The highest BCUT2D eigenvalue weighted by molar-refractivity contribution is 6.30. The van der Waals surface area contributed by atoms with Gasteiger partial charge in [0.25, 0.3) is 0 Å². The fourth-order valence-corrected chi connectivity index (χ4v) is 2.65. The summed E-state index contributed by atoms with van der Waals surface area (Å²) in [4.78, 5) is 10.4. The molecule has 0 atom stereocenters. The maximum Gasteiger partial charge on any atom is 0.142 e. The molecule has 2 aromatic rings. The molecule has 0 aliphatic rings. The summed E-state index contributed by atoms with van der Waals surface area (Å²) in [5.74, 6) is 0. The lowest BCUT2D eigenvalue weighted by Crippen LogP contribution is -2.02. The van der Waals surface area contributed by atoms with Crippen LogP contribution in [0.3, 0.4) is 0 Å². The van der Waals surface area contributed by atoms with E-state index in [1.54, 1.807) is 0 Å². The third-order valence-corrected chi connectivity index (χ3v) is 4.04. The maximum atomic E-state index is 5.92. The third-order valence-electron chi connectivity index (χ3n) is 3.79. The van der Waals surface area contributed by atoms with Gasteiger partial charge < -0.3 is 9.68 Å². The Morgan fingerprint density at radius 3 is 2.38 bits per heavy atom. The van der Waals surface area contributed by atoms with E-state index in [0.29, 0.717) is 6.61 Å². The zero-order valence-corrected chi connectivity index (χ0v) is 16.2. The minimum absolute atomic E-state index is 0.359. The van der Waals surface area contributed by atoms with E-state index in [2.05, 4.69) is 10.3 Å². The van der Waals surface area contributed by atoms with E-state index >= 15 is 0 Å². The highest BCUT2D eigenvalue weighted by Gasteiger charge is 2.06. The van der Waals surface area contributed by atoms with E-state index in [4.69, 9.17) is 21.3 Å². The third kappa shape index (κ3) is 5.74. The standard InChI is InChI=1S/C21H23ClN2O2/c1-15(18-9-11-20(22)12-10-18)13-16(2)23-26-14-19-7-5-6-8-21(19)17(3)24-25-4/h5-13H,14H2,1-4H3/b15-13+,23-16+,24-17-. The van der Waals surface area contributed by atoms with Gasteiger partial charge in [-0.05, 0) is 50.1 Å². The fourth-order valence-electron chi connectivity index (χ4n) is 2.52. The molecule has 0 aliphatic carbocycles. The monoisotopic (exact) mass is 370 g/mol. The number of halogens is 1. The minimum atomic E-state index is 0.359. The molecule has 0 radical (unpaired) electrons. The van der Waals surface area contributed by atoms with E-state index in [0.717, 1.165) is 38.7 Å². The Labute approximate surface area is 159 Å². The van der Waals surface area contributed by atoms with Crippen LogP contribution in [0.5, 0.6) is 0 Å². The number of allylic oxidation sites excluding steroid dienone is 2. The Balaban J connectivity index is 2.05. The first kappa shape index (κ1) is 19.7. The molecule has 5 heteroatoms. The highest BCUT2D eigenvalue weighted by Crippen LogP contribution is 2.17. The second kappa shape index (κ2) is 9.78. The number of hydrogen-bond donors (Lipinski definition) is 0. The van der Waals surface area contributed by atoms with Crippen LogP contribution >= 0.6 is 11.6 Å². The van der Waals surface area contributed by atoms with Crippen molar-refractivity contribution in [2.45, 2.75) is 27.4 Å².